The molecule has 1 saturated heterocycles. The van der Waals surface area contributed by atoms with Crippen LogP contribution in [0.15, 0.2) is 58.4 Å². The highest BCUT2D eigenvalue weighted by Gasteiger charge is 2.18. The van der Waals surface area contributed by atoms with Gasteiger partial charge >= 0.3 is 0 Å². The molecule has 29 heavy (non-hydrogen) atoms. The van der Waals surface area contributed by atoms with E-state index in [9.17, 15) is 0 Å². The van der Waals surface area contributed by atoms with Gasteiger partial charge < -0.3 is 20.1 Å². The Bertz CT molecular complexity index is 768. The van der Waals surface area contributed by atoms with Gasteiger partial charge in [0.25, 0.3) is 0 Å². The van der Waals surface area contributed by atoms with Crippen molar-refractivity contribution in [3.8, 4) is 5.75 Å². The number of nitrogens with zero attached hydrogens (tertiary/aromatic N) is 1. The molecule has 0 radical (unpaired) electrons. The fourth-order valence-electron chi connectivity index (χ4n) is 2.96. The predicted octanol–water partition coefficient (Wildman–Crippen LogP) is 4.24. The van der Waals surface area contributed by atoms with Crippen LogP contribution < -0.4 is 15.4 Å². The molecule has 1 atom stereocenters. The highest BCUT2D eigenvalue weighted by atomic mass is 127. The Morgan fingerprint density at radius 1 is 1.21 bits per heavy atom. The number of halogens is 1. The van der Waals surface area contributed by atoms with Crippen molar-refractivity contribution in [1.82, 2.24) is 10.6 Å². The summed E-state index contributed by atoms with van der Waals surface area (Å²) in [5, 5.41) is 6.76. The van der Waals surface area contributed by atoms with Crippen molar-refractivity contribution in [1.29, 1.82) is 0 Å². The van der Waals surface area contributed by atoms with Gasteiger partial charge in [-0.3, -0.25) is 4.99 Å². The van der Waals surface area contributed by atoms with Crippen molar-refractivity contribution in [3.63, 3.8) is 0 Å². The zero-order valence-electron chi connectivity index (χ0n) is 17.0. The molecule has 0 aromatic heterocycles. The molecule has 3 rings (SSSR count). The van der Waals surface area contributed by atoms with E-state index in [2.05, 4.69) is 65.0 Å². The van der Waals surface area contributed by atoms with E-state index >= 15 is 0 Å². The first-order valence-electron chi connectivity index (χ1n) is 9.71. The largest absolute Gasteiger partial charge is 0.488 e. The smallest absolute Gasteiger partial charge is 0.191 e. The third-order valence-corrected chi connectivity index (χ3v) is 5.49. The topological polar surface area (TPSA) is 54.9 Å². The molecular formula is C22H30IN3O2S. The molecule has 2 aromatic rings. The molecule has 1 aliphatic rings. The molecule has 2 N–H and O–H groups in total. The lowest BCUT2D eigenvalue weighted by Gasteiger charge is -2.18. The van der Waals surface area contributed by atoms with Gasteiger partial charge in [-0.1, -0.05) is 30.3 Å². The van der Waals surface area contributed by atoms with Crippen molar-refractivity contribution in [2.45, 2.75) is 30.9 Å². The Hall–Kier alpha value is -1.45. The van der Waals surface area contributed by atoms with Gasteiger partial charge in [0.05, 0.1) is 13.2 Å². The van der Waals surface area contributed by atoms with Crippen LogP contribution in [-0.2, 0) is 11.3 Å². The summed E-state index contributed by atoms with van der Waals surface area (Å²) < 4.78 is 11.6. The standard InChI is InChI=1S/C22H29N3O2S.HI/c1-17-8-9-18(21(14-17)27-19-10-12-26-16-19)15-25-22(23-2)24-11-13-28-20-6-4-3-5-7-20;/h3-9,14,19H,10-13,15-16H2,1-2H3,(H2,23,24,25);1H. The van der Waals surface area contributed by atoms with E-state index in [-0.39, 0.29) is 30.1 Å². The summed E-state index contributed by atoms with van der Waals surface area (Å²) in [7, 11) is 1.79. The summed E-state index contributed by atoms with van der Waals surface area (Å²) in [6.45, 7) is 5.04. The maximum absolute atomic E-state index is 6.17. The Labute approximate surface area is 195 Å². The Morgan fingerprint density at radius 3 is 2.76 bits per heavy atom. The number of nitrogens with one attached hydrogen (secondary N) is 2. The number of ether oxygens (including phenoxy) is 2. The van der Waals surface area contributed by atoms with Crippen LogP contribution in [0.25, 0.3) is 0 Å². The third kappa shape index (κ3) is 8.06. The maximum Gasteiger partial charge on any atom is 0.191 e. The lowest BCUT2D eigenvalue weighted by atomic mass is 10.1. The van der Waals surface area contributed by atoms with Crippen LogP contribution in [0.1, 0.15) is 17.5 Å². The summed E-state index contributed by atoms with van der Waals surface area (Å²) in [6, 6.07) is 16.8. The van der Waals surface area contributed by atoms with E-state index < -0.39 is 0 Å². The van der Waals surface area contributed by atoms with E-state index in [1.54, 1.807) is 7.05 Å². The highest BCUT2D eigenvalue weighted by molar-refractivity contribution is 14.0. The average molecular weight is 527 g/mol. The molecule has 0 amide bonds. The van der Waals surface area contributed by atoms with Crippen LogP contribution in [0.4, 0.5) is 0 Å². The molecule has 0 aliphatic carbocycles. The number of hydrogen-bond acceptors (Lipinski definition) is 4. The Morgan fingerprint density at radius 2 is 2.03 bits per heavy atom. The number of aliphatic imine (C=N–C) groups is 1. The molecule has 2 aromatic carbocycles. The summed E-state index contributed by atoms with van der Waals surface area (Å²) in [6.07, 6.45) is 1.09. The predicted molar refractivity (Wildman–Crippen MR) is 132 cm³/mol. The van der Waals surface area contributed by atoms with Gasteiger partial charge in [0.2, 0.25) is 0 Å². The van der Waals surface area contributed by atoms with Gasteiger partial charge in [-0.2, -0.15) is 0 Å². The lowest BCUT2D eigenvalue weighted by molar-refractivity contribution is 0.140. The summed E-state index contributed by atoms with van der Waals surface area (Å²) in [4.78, 5) is 5.60. The van der Waals surface area contributed by atoms with Crippen molar-refractivity contribution in [3.05, 3.63) is 59.7 Å². The Balaban J connectivity index is 0.00000300. The fourth-order valence-corrected chi connectivity index (χ4v) is 3.75. The molecule has 5 nitrogen and oxygen atoms in total. The second-order valence-electron chi connectivity index (χ2n) is 6.73. The zero-order valence-corrected chi connectivity index (χ0v) is 20.2. The molecule has 1 fully saturated rings. The molecule has 1 unspecified atom stereocenters. The molecule has 1 heterocycles. The third-order valence-electron chi connectivity index (χ3n) is 4.48. The number of benzene rings is 2. The molecule has 0 spiro atoms. The van der Waals surface area contributed by atoms with Crippen molar-refractivity contribution >= 4 is 41.7 Å². The minimum absolute atomic E-state index is 0. The summed E-state index contributed by atoms with van der Waals surface area (Å²) in [5.74, 6) is 2.70. The number of guanidine groups is 1. The first-order chi connectivity index (χ1) is 13.7. The second-order valence-corrected chi connectivity index (χ2v) is 7.90. The van der Waals surface area contributed by atoms with Crippen LogP contribution in [0.2, 0.25) is 0 Å². The first kappa shape index (κ1) is 23.8. The molecule has 0 bridgehead atoms. The molecule has 7 heteroatoms. The quantitative estimate of drug-likeness (QED) is 0.177. The van der Waals surface area contributed by atoms with Gasteiger partial charge in [-0.15, -0.1) is 35.7 Å². The number of rotatable bonds is 8. The van der Waals surface area contributed by atoms with Gasteiger partial charge in [0.1, 0.15) is 11.9 Å². The highest BCUT2D eigenvalue weighted by Crippen LogP contribution is 2.23. The second kappa shape index (κ2) is 13.0. The van der Waals surface area contributed by atoms with E-state index in [4.69, 9.17) is 9.47 Å². The molecule has 0 saturated carbocycles. The number of aryl methyl sites for hydroxylation is 1. The minimum Gasteiger partial charge on any atom is -0.488 e. The average Bonchev–Trinajstić information content (AvgIpc) is 3.22. The number of thioether (sulfide) groups is 1. The minimum atomic E-state index is 0. The fraction of sp³-hybridized carbons (Fsp3) is 0.409. The van der Waals surface area contributed by atoms with Crippen molar-refractivity contribution in [2.24, 2.45) is 4.99 Å². The normalized spacial score (nSPS) is 16.2. The van der Waals surface area contributed by atoms with Gasteiger partial charge in [-0.25, -0.2) is 0 Å². The SMILES string of the molecule is CN=C(NCCSc1ccccc1)NCc1ccc(C)cc1OC1CCOC1.I. The van der Waals surface area contributed by atoms with Crippen LogP contribution in [0, 0.1) is 6.92 Å². The number of hydrogen-bond donors (Lipinski definition) is 2. The van der Waals surface area contributed by atoms with Crippen LogP contribution in [-0.4, -0.2) is 44.6 Å². The van der Waals surface area contributed by atoms with Gasteiger partial charge in [0.15, 0.2) is 5.96 Å². The maximum atomic E-state index is 6.17. The van der Waals surface area contributed by atoms with Crippen LogP contribution >= 0.6 is 35.7 Å². The van der Waals surface area contributed by atoms with E-state index in [1.165, 1.54) is 10.5 Å². The van der Waals surface area contributed by atoms with E-state index in [1.807, 2.05) is 17.8 Å². The van der Waals surface area contributed by atoms with Gasteiger partial charge in [-0.05, 0) is 30.7 Å². The first-order valence-corrected chi connectivity index (χ1v) is 10.7. The van der Waals surface area contributed by atoms with E-state index in [0.717, 1.165) is 42.6 Å². The van der Waals surface area contributed by atoms with Crippen molar-refractivity contribution in [2.75, 3.05) is 32.6 Å². The zero-order chi connectivity index (χ0) is 19.6. The summed E-state index contributed by atoms with van der Waals surface area (Å²) >= 11 is 1.83. The molecule has 158 valence electrons. The van der Waals surface area contributed by atoms with Crippen LogP contribution in [0.3, 0.4) is 0 Å². The van der Waals surface area contributed by atoms with Gasteiger partial charge in [0, 0.05) is 42.8 Å². The van der Waals surface area contributed by atoms with E-state index in [0.29, 0.717) is 13.2 Å². The Kier molecular flexibility index (Phi) is 10.7. The lowest BCUT2D eigenvalue weighted by Crippen LogP contribution is -2.38. The van der Waals surface area contributed by atoms with Crippen molar-refractivity contribution < 1.29 is 9.47 Å². The molecular weight excluding hydrogens is 497 g/mol. The molecule has 1 aliphatic heterocycles. The monoisotopic (exact) mass is 527 g/mol. The van der Waals surface area contributed by atoms with Crippen LogP contribution in [0.5, 0.6) is 5.75 Å². The summed E-state index contributed by atoms with van der Waals surface area (Å²) in [5.41, 5.74) is 2.32.